The van der Waals surface area contributed by atoms with Crippen LogP contribution in [0.25, 0.3) is 0 Å². The van der Waals surface area contributed by atoms with E-state index < -0.39 is 0 Å². The first-order valence-corrected chi connectivity index (χ1v) is 5.43. The van der Waals surface area contributed by atoms with Gasteiger partial charge in [0.1, 0.15) is 0 Å². The lowest BCUT2D eigenvalue weighted by atomic mass is 10.2. The fraction of sp³-hybridized carbons (Fsp3) is 0.400. The standard InChI is InChI=1S/C10H16N2S/c1-12(2)10(11)8-4-6-9(13-3)7-5-8/h4-7,10H,11H2,1-3H3. The molecule has 1 rings (SSSR count). The molecule has 2 N–H and O–H groups in total. The lowest BCUT2D eigenvalue weighted by Crippen LogP contribution is -2.27. The van der Waals surface area contributed by atoms with Crippen molar-refractivity contribution in [2.75, 3.05) is 20.4 Å². The fourth-order valence-electron chi connectivity index (χ4n) is 1.10. The Morgan fingerprint density at radius 3 is 2.15 bits per heavy atom. The lowest BCUT2D eigenvalue weighted by molar-refractivity contribution is 0.307. The SMILES string of the molecule is CSc1ccc(C(N)N(C)C)cc1. The maximum atomic E-state index is 5.95. The first kappa shape index (κ1) is 10.6. The van der Waals surface area contributed by atoms with Crippen molar-refractivity contribution in [1.82, 2.24) is 4.90 Å². The highest BCUT2D eigenvalue weighted by atomic mass is 32.2. The molecule has 1 aromatic rings. The second-order valence-electron chi connectivity index (χ2n) is 3.18. The summed E-state index contributed by atoms with van der Waals surface area (Å²) in [6.07, 6.45) is 2.07. The quantitative estimate of drug-likeness (QED) is 0.591. The normalized spacial score (nSPS) is 13.3. The monoisotopic (exact) mass is 196 g/mol. The van der Waals surface area contributed by atoms with Gasteiger partial charge in [-0.3, -0.25) is 4.90 Å². The summed E-state index contributed by atoms with van der Waals surface area (Å²) >= 11 is 1.74. The maximum absolute atomic E-state index is 5.95. The molecule has 0 saturated heterocycles. The lowest BCUT2D eigenvalue weighted by Gasteiger charge is -2.19. The number of benzene rings is 1. The zero-order valence-corrected chi connectivity index (χ0v) is 9.14. The van der Waals surface area contributed by atoms with E-state index in [1.807, 2.05) is 19.0 Å². The van der Waals surface area contributed by atoms with Gasteiger partial charge in [0.25, 0.3) is 0 Å². The minimum absolute atomic E-state index is 0.00379. The number of hydrogen-bond acceptors (Lipinski definition) is 3. The van der Waals surface area contributed by atoms with E-state index in [2.05, 4.69) is 30.5 Å². The van der Waals surface area contributed by atoms with Crippen molar-refractivity contribution in [3.05, 3.63) is 29.8 Å². The predicted molar refractivity (Wildman–Crippen MR) is 58.8 cm³/mol. The summed E-state index contributed by atoms with van der Waals surface area (Å²) in [7, 11) is 3.96. The molecule has 0 spiro atoms. The Balaban J connectivity index is 2.79. The van der Waals surface area contributed by atoms with Gasteiger partial charge in [-0.1, -0.05) is 12.1 Å². The van der Waals surface area contributed by atoms with Gasteiger partial charge in [-0.2, -0.15) is 0 Å². The van der Waals surface area contributed by atoms with Gasteiger partial charge in [-0.05, 0) is 38.0 Å². The van der Waals surface area contributed by atoms with Crippen molar-refractivity contribution in [3.8, 4) is 0 Å². The molecule has 0 aliphatic carbocycles. The average molecular weight is 196 g/mol. The summed E-state index contributed by atoms with van der Waals surface area (Å²) < 4.78 is 0. The number of hydrogen-bond donors (Lipinski definition) is 1. The van der Waals surface area contributed by atoms with Gasteiger partial charge >= 0.3 is 0 Å². The Morgan fingerprint density at radius 1 is 1.23 bits per heavy atom. The molecule has 1 aromatic carbocycles. The molecule has 0 aliphatic rings. The maximum Gasteiger partial charge on any atom is 0.0830 e. The van der Waals surface area contributed by atoms with Crippen LogP contribution in [-0.4, -0.2) is 25.3 Å². The zero-order chi connectivity index (χ0) is 9.84. The van der Waals surface area contributed by atoms with Crippen molar-refractivity contribution in [1.29, 1.82) is 0 Å². The number of nitrogens with zero attached hydrogens (tertiary/aromatic N) is 1. The Kier molecular flexibility index (Phi) is 3.78. The molecule has 0 fully saturated rings. The summed E-state index contributed by atoms with van der Waals surface area (Å²) in [6, 6.07) is 8.36. The van der Waals surface area contributed by atoms with Crippen LogP contribution in [0.1, 0.15) is 11.7 Å². The van der Waals surface area contributed by atoms with Crippen LogP contribution in [0.4, 0.5) is 0 Å². The molecule has 3 heteroatoms. The van der Waals surface area contributed by atoms with Crippen molar-refractivity contribution in [2.45, 2.75) is 11.1 Å². The van der Waals surface area contributed by atoms with Gasteiger partial charge in [-0.25, -0.2) is 0 Å². The van der Waals surface area contributed by atoms with Crippen LogP contribution >= 0.6 is 11.8 Å². The topological polar surface area (TPSA) is 29.3 Å². The summed E-state index contributed by atoms with van der Waals surface area (Å²) in [5, 5.41) is 0. The molecule has 72 valence electrons. The Hall–Kier alpha value is -0.510. The molecule has 0 heterocycles. The van der Waals surface area contributed by atoms with Gasteiger partial charge in [0.15, 0.2) is 0 Å². The number of rotatable bonds is 3. The first-order valence-electron chi connectivity index (χ1n) is 4.21. The third-order valence-corrected chi connectivity index (χ3v) is 2.76. The van der Waals surface area contributed by atoms with Gasteiger partial charge in [0, 0.05) is 4.90 Å². The van der Waals surface area contributed by atoms with Crippen LogP contribution in [0.3, 0.4) is 0 Å². The van der Waals surface area contributed by atoms with E-state index in [1.165, 1.54) is 4.90 Å². The Bertz CT molecular complexity index is 256. The Labute approximate surface area is 84.1 Å². The van der Waals surface area contributed by atoms with E-state index in [1.54, 1.807) is 11.8 Å². The van der Waals surface area contributed by atoms with Gasteiger partial charge in [0.2, 0.25) is 0 Å². The first-order chi connectivity index (χ1) is 6.15. The predicted octanol–water partition coefficient (Wildman–Crippen LogP) is 1.93. The van der Waals surface area contributed by atoms with E-state index in [-0.39, 0.29) is 6.17 Å². The highest BCUT2D eigenvalue weighted by Crippen LogP contribution is 2.18. The van der Waals surface area contributed by atoms with Gasteiger partial charge in [0.05, 0.1) is 6.17 Å². The summed E-state index contributed by atoms with van der Waals surface area (Å²) in [6.45, 7) is 0. The van der Waals surface area contributed by atoms with Crippen molar-refractivity contribution < 1.29 is 0 Å². The van der Waals surface area contributed by atoms with Crippen LogP contribution < -0.4 is 5.73 Å². The zero-order valence-electron chi connectivity index (χ0n) is 8.32. The van der Waals surface area contributed by atoms with Crippen LogP contribution in [0.5, 0.6) is 0 Å². The average Bonchev–Trinajstić information content (AvgIpc) is 2.17. The van der Waals surface area contributed by atoms with Crippen LogP contribution in [-0.2, 0) is 0 Å². The minimum Gasteiger partial charge on any atom is -0.312 e. The minimum atomic E-state index is -0.00379. The van der Waals surface area contributed by atoms with Crippen LogP contribution in [0.15, 0.2) is 29.2 Å². The van der Waals surface area contributed by atoms with Crippen molar-refractivity contribution >= 4 is 11.8 Å². The summed E-state index contributed by atoms with van der Waals surface area (Å²) in [5.41, 5.74) is 7.10. The molecule has 13 heavy (non-hydrogen) atoms. The van der Waals surface area contributed by atoms with E-state index >= 15 is 0 Å². The molecule has 0 aromatic heterocycles. The van der Waals surface area contributed by atoms with Crippen LogP contribution in [0.2, 0.25) is 0 Å². The molecule has 2 nitrogen and oxygen atoms in total. The molecule has 0 aliphatic heterocycles. The van der Waals surface area contributed by atoms with Crippen molar-refractivity contribution in [3.63, 3.8) is 0 Å². The van der Waals surface area contributed by atoms with Gasteiger partial charge in [-0.15, -0.1) is 11.8 Å². The molecule has 0 amide bonds. The fourth-order valence-corrected chi connectivity index (χ4v) is 1.51. The van der Waals surface area contributed by atoms with E-state index in [9.17, 15) is 0 Å². The highest BCUT2D eigenvalue weighted by molar-refractivity contribution is 7.98. The second kappa shape index (κ2) is 4.65. The highest BCUT2D eigenvalue weighted by Gasteiger charge is 2.06. The second-order valence-corrected chi connectivity index (χ2v) is 4.06. The molecular formula is C10H16N2S. The molecule has 0 saturated carbocycles. The summed E-state index contributed by atoms with van der Waals surface area (Å²) in [5.74, 6) is 0. The molecule has 0 bridgehead atoms. The van der Waals surface area contributed by atoms with Crippen molar-refractivity contribution in [2.24, 2.45) is 5.73 Å². The van der Waals surface area contributed by atoms with Crippen LogP contribution in [0, 0.1) is 0 Å². The largest absolute Gasteiger partial charge is 0.312 e. The van der Waals surface area contributed by atoms with E-state index in [4.69, 9.17) is 5.73 Å². The molecular weight excluding hydrogens is 180 g/mol. The number of nitrogens with two attached hydrogens (primary N) is 1. The Morgan fingerprint density at radius 2 is 1.77 bits per heavy atom. The van der Waals surface area contributed by atoms with E-state index in [0.29, 0.717) is 0 Å². The molecule has 1 unspecified atom stereocenters. The smallest absolute Gasteiger partial charge is 0.0830 e. The molecule has 0 radical (unpaired) electrons. The third-order valence-electron chi connectivity index (χ3n) is 2.01. The summed E-state index contributed by atoms with van der Waals surface area (Å²) in [4.78, 5) is 3.27. The number of thioether (sulfide) groups is 1. The van der Waals surface area contributed by atoms with E-state index in [0.717, 1.165) is 5.56 Å². The molecule has 1 atom stereocenters. The third kappa shape index (κ3) is 2.72. The van der Waals surface area contributed by atoms with Gasteiger partial charge < -0.3 is 5.73 Å².